The molecule has 0 fully saturated rings. The van der Waals surface area contributed by atoms with Crippen LogP contribution in [0.3, 0.4) is 0 Å². The summed E-state index contributed by atoms with van der Waals surface area (Å²) in [5.74, 6) is 0.585. The molecule has 0 spiro atoms. The Morgan fingerprint density at radius 1 is 1.12 bits per heavy atom. The largest absolute Gasteiger partial charge is 0.123 e. The lowest BCUT2D eigenvalue weighted by molar-refractivity contribution is 0.495. The Bertz CT molecular complexity index is 329. The molecule has 0 aliphatic carbocycles. The summed E-state index contributed by atoms with van der Waals surface area (Å²) in [5, 5.41) is 0.255. The molecule has 0 aliphatic rings. The summed E-state index contributed by atoms with van der Waals surface area (Å²) in [6, 6.07) is 4.54. The van der Waals surface area contributed by atoms with Gasteiger partial charge in [-0.1, -0.05) is 31.0 Å². The molecule has 0 aromatic heterocycles. The van der Waals surface area contributed by atoms with Crippen LogP contribution < -0.4 is 0 Å². The van der Waals surface area contributed by atoms with Gasteiger partial charge in [0.15, 0.2) is 0 Å². The molecular formula is C15H23Cl. The zero-order chi connectivity index (χ0) is 12.3. The number of benzene rings is 1. The number of hydrogen-bond donors (Lipinski definition) is 0. The van der Waals surface area contributed by atoms with Crippen LogP contribution in [0.2, 0.25) is 0 Å². The fourth-order valence-corrected chi connectivity index (χ4v) is 2.69. The van der Waals surface area contributed by atoms with Gasteiger partial charge in [0.25, 0.3) is 0 Å². The van der Waals surface area contributed by atoms with E-state index in [9.17, 15) is 0 Å². The molecule has 90 valence electrons. The van der Waals surface area contributed by atoms with Crippen molar-refractivity contribution in [3.05, 3.63) is 34.4 Å². The molecule has 0 radical (unpaired) electrons. The molecule has 0 nitrogen and oxygen atoms in total. The lowest BCUT2D eigenvalue weighted by Crippen LogP contribution is -2.15. The van der Waals surface area contributed by atoms with Crippen LogP contribution in [0, 0.1) is 26.7 Å². The van der Waals surface area contributed by atoms with E-state index in [0.717, 1.165) is 12.8 Å². The van der Waals surface area contributed by atoms with E-state index in [2.05, 4.69) is 46.8 Å². The molecule has 1 aromatic carbocycles. The minimum atomic E-state index is 0.255. The highest BCUT2D eigenvalue weighted by Crippen LogP contribution is 2.25. The van der Waals surface area contributed by atoms with E-state index < -0.39 is 0 Å². The molecule has 0 saturated carbocycles. The number of alkyl halides is 1. The zero-order valence-corrected chi connectivity index (χ0v) is 11.9. The van der Waals surface area contributed by atoms with Gasteiger partial charge < -0.3 is 0 Å². The number of halogens is 1. The van der Waals surface area contributed by atoms with Gasteiger partial charge in [0.1, 0.15) is 0 Å². The fraction of sp³-hybridized carbons (Fsp3) is 0.600. The average Bonchev–Trinajstić information content (AvgIpc) is 2.15. The van der Waals surface area contributed by atoms with Crippen LogP contribution in [0.5, 0.6) is 0 Å². The molecular weight excluding hydrogens is 216 g/mol. The average molecular weight is 239 g/mol. The molecule has 0 N–H and O–H groups in total. The predicted octanol–water partition coefficient (Wildman–Crippen LogP) is 4.81. The first-order chi connectivity index (χ1) is 7.45. The summed E-state index contributed by atoms with van der Waals surface area (Å²) < 4.78 is 0. The maximum absolute atomic E-state index is 6.23. The Labute approximate surface area is 105 Å². The second kappa shape index (κ2) is 5.72. The fourth-order valence-electron chi connectivity index (χ4n) is 2.43. The van der Waals surface area contributed by atoms with E-state index in [1.54, 1.807) is 0 Å². The Morgan fingerprint density at radius 2 is 1.62 bits per heavy atom. The van der Waals surface area contributed by atoms with E-state index in [-0.39, 0.29) is 5.38 Å². The van der Waals surface area contributed by atoms with Gasteiger partial charge in [-0.2, -0.15) is 0 Å². The van der Waals surface area contributed by atoms with Crippen molar-refractivity contribution in [2.75, 3.05) is 0 Å². The van der Waals surface area contributed by atoms with Crippen LogP contribution in [0.25, 0.3) is 0 Å². The molecule has 0 bridgehead atoms. The topological polar surface area (TPSA) is 0 Å². The number of aryl methyl sites for hydroxylation is 3. The van der Waals surface area contributed by atoms with Gasteiger partial charge in [0.05, 0.1) is 0 Å². The van der Waals surface area contributed by atoms with E-state index in [4.69, 9.17) is 11.6 Å². The van der Waals surface area contributed by atoms with E-state index >= 15 is 0 Å². The van der Waals surface area contributed by atoms with Gasteiger partial charge in [0, 0.05) is 5.38 Å². The Morgan fingerprint density at radius 3 is 2.00 bits per heavy atom. The summed E-state index contributed by atoms with van der Waals surface area (Å²) in [6.07, 6.45) is 2.26. The number of rotatable bonds is 4. The van der Waals surface area contributed by atoms with Gasteiger partial charge in [0.2, 0.25) is 0 Å². The van der Waals surface area contributed by atoms with Gasteiger partial charge in [-0.05, 0) is 56.7 Å². The van der Waals surface area contributed by atoms with Crippen molar-refractivity contribution in [3.63, 3.8) is 0 Å². The zero-order valence-electron chi connectivity index (χ0n) is 11.1. The summed E-state index contributed by atoms with van der Waals surface area (Å²) >= 11 is 6.23. The quantitative estimate of drug-likeness (QED) is 0.661. The summed E-state index contributed by atoms with van der Waals surface area (Å²) in [4.78, 5) is 0. The maximum atomic E-state index is 6.23. The Hall–Kier alpha value is -0.490. The third-order valence-corrected chi connectivity index (χ3v) is 3.84. The summed E-state index contributed by atoms with van der Waals surface area (Å²) in [7, 11) is 0. The minimum Gasteiger partial charge on any atom is -0.123 e. The Balaban J connectivity index is 2.96. The molecule has 1 rings (SSSR count). The van der Waals surface area contributed by atoms with E-state index in [1.807, 2.05) is 0 Å². The number of hydrogen-bond acceptors (Lipinski definition) is 0. The van der Waals surface area contributed by atoms with Crippen LogP contribution >= 0.6 is 11.6 Å². The molecule has 0 saturated heterocycles. The lowest BCUT2D eigenvalue weighted by Gasteiger charge is -2.20. The van der Waals surface area contributed by atoms with E-state index in [0.29, 0.717) is 5.92 Å². The summed E-state index contributed by atoms with van der Waals surface area (Å²) in [6.45, 7) is 10.9. The van der Waals surface area contributed by atoms with Crippen LogP contribution in [-0.4, -0.2) is 5.38 Å². The Kier molecular flexibility index (Phi) is 4.86. The molecule has 16 heavy (non-hydrogen) atoms. The molecule has 0 amide bonds. The van der Waals surface area contributed by atoms with Crippen LogP contribution in [0.1, 0.15) is 42.5 Å². The second-order valence-electron chi connectivity index (χ2n) is 4.93. The SMILES string of the molecule is CCC(Cc1c(C)cc(C)cc1C)C(C)Cl. The van der Waals surface area contributed by atoms with Crippen molar-refractivity contribution in [1.29, 1.82) is 0 Å². The van der Waals surface area contributed by atoms with Crippen molar-refractivity contribution in [3.8, 4) is 0 Å². The molecule has 1 aromatic rings. The highest BCUT2D eigenvalue weighted by molar-refractivity contribution is 6.20. The van der Waals surface area contributed by atoms with Gasteiger partial charge >= 0.3 is 0 Å². The van der Waals surface area contributed by atoms with Crippen molar-refractivity contribution in [2.45, 2.75) is 52.8 Å². The first-order valence-corrected chi connectivity index (χ1v) is 6.60. The standard InChI is InChI=1S/C15H23Cl/c1-6-14(13(5)16)9-15-11(3)7-10(2)8-12(15)4/h7-8,13-14H,6,9H2,1-5H3. The molecule has 2 unspecified atom stereocenters. The van der Waals surface area contributed by atoms with Crippen molar-refractivity contribution in [1.82, 2.24) is 0 Å². The van der Waals surface area contributed by atoms with Gasteiger partial charge in [-0.3, -0.25) is 0 Å². The molecule has 2 atom stereocenters. The molecule has 1 heteroatoms. The highest BCUT2D eigenvalue weighted by Gasteiger charge is 2.16. The van der Waals surface area contributed by atoms with Gasteiger partial charge in [-0.25, -0.2) is 0 Å². The smallest absolute Gasteiger partial charge is 0.0339 e. The van der Waals surface area contributed by atoms with Crippen LogP contribution in [0.4, 0.5) is 0 Å². The van der Waals surface area contributed by atoms with Crippen LogP contribution in [-0.2, 0) is 6.42 Å². The van der Waals surface area contributed by atoms with Crippen molar-refractivity contribution >= 4 is 11.6 Å². The third-order valence-electron chi connectivity index (χ3n) is 3.48. The molecule has 0 heterocycles. The maximum Gasteiger partial charge on any atom is 0.0339 e. The minimum absolute atomic E-state index is 0.255. The van der Waals surface area contributed by atoms with Crippen LogP contribution in [0.15, 0.2) is 12.1 Å². The normalized spacial score (nSPS) is 14.9. The summed E-state index contributed by atoms with van der Waals surface area (Å²) in [5.41, 5.74) is 5.66. The van der Waals surface area contributed by atoms with Crippen molar-refractivity contribution in [2.24, 2.45) is 5.92 Å². The van der Waals surface area contributed by atoms with Crippen molar-refractivity contribution < 1.29 is 0 Å². The first-order valence-electron chi connectivity index (χ1n) is 6.16. The molecule has 0 aliphatic heterocycles. The second-order valence-corrected chi connectivity index (χ2v) is 5.62. The first kappa shape index (κ1) is 13.6. The highest BCUT2D eigenvalue weighted by atomic mass is 35.5. The monoisotopic (exact) mass is 238 g/mol. The third kappa shape index (κ3) is 3.25. The predicted molar refractivity (Wildman–Crippen MR) is 73.5 cm³/mol. The van der Waals surface area contributed by atoms with Gasteiger partial charge in [-0.15, -0.1) is 11.6 Å². The van der Waals surface area contributed by atoms with E-state index in [1.165, 1.54) is 22.3 Å². The lowest BCUT2D eigenvalue weighted by atomic mass is 9.88.